The number of benzene rings is 1. The summed E-state index contributed by atoms with van der Waals surface area (Å²) in [5, 5.41) is 16.7. The van der Waals surface area contributed by atoms with E-state index in [0.29, 0.717) is 17.1 Å². The Labute approximate surface area is 122 Å². The number of nitrogens with one attached hydrogen (secondary N) is 2. The molecule has 0 spiro atoms. The van der Waals surface area contributed by atoms with Gasteiger partial charge in [-0.25, -0.2) is 0 Å². The monoisotopic (exact) mass is 299 g/mol. The molecule has 1 aromatic rings. The fraction of sp³-hybridized carbons (Fsp3) is 0.462. The van der Waals surface area contributed by atoms with E-state index in [0.717, 1.165) is 0 Å². The topological polar surface area (TPSA) is 84.3 Å². The van der Waals surface area contributed by atoms with Crippen LogP contribution in [0.4, 0.5) is 5.69 Å². The second-order valence-electron chi connectivity index (χ2n) is 5.43. The maximum absolute atomic E-state index is 11.6. The van der Waals surface area contributed by atoms with E-state index in [1.165, 1.54) is 12.1 Å². The molecular weight excluding hydrogens is 282 g/mol. The third-order valence-corrected chi connectivity index (χ3v) is 2.71. The average Bonchev–Trinajstić information content (AvgIpc) is 2.28. The lowest BCUT2D eigenvalue weighted by Crippen LogP contribution is -2.44. The quantitative estimate of drug-likeness (QED) is 0.645. The Morgan fingerprint density at radius 2 is 2.05 bits per heavy atom. The predicted molar refractivity (Wildman–Crippen MR) is 77.7 cm³/mol. The number of halogens is 1. The third-order valence-electron chi connectivity index (χ3n) is 2.36. The van der Waals surface area contributed by atoms with E-state index in [4.69, 9.17) is 11.6 Å². The zero-order valence-corrected chi connectivity index (χ0v) is 12.5. The molecule has 2 N–H and O–H groups in total. The predicted octanol–water partition coefficient (Wildman–Crippen LogP) is 2.25. The Morgan fingerprint density at radius 1 is 1.40 bits per heavy atom. The molecule has 0 fully saturated rings. The largest absolute Gasteiger partial charge is 0.350 e. The number of nitro benzene ring substituents is 1. The summed E-state index contributed by atoms with van der Waals surface area (Å²) in [6.07, 6.45) is 0. The number of carbonyl (C=O) groups excluding carboxylic acids is 1. The van der Waals surface area contributed by atoms with E-state index < -0.39 is 4.92 Å². The van der Waals surface area contributed by atoms with Crippen molar-refractivity contribution in [3.05, 3.63) is 38.9 Å². The van der Waals surface area contributed by atoms with Gasteiger partial charge in [-0.2, -0.15) is 0 Å². The third kappa shape index (κ3) is 5.54. The highest BCUT2D eigenvalue weighted by molar-refractivity contribution is 6.31. The standard InChI is InChI=1S/C13H18ClN3O3/c1-13(2,3)16-12(18)8-15-7-9-4-5-10(17(19)20)6-11(9)14/h4-6,15H,7-8H2,1-3H3,(H,16,18). The Morgan fingerprint density at radius 3 is 2.55 bits per heavy atom. The Balaban J connectivity index is 2.51. The van der Waals surface area contributed by atoms with E-state index in [1.807, 2.05) is 20.8 Å². The van der Waals surface area contributed by atoms with Crippen LogP contribution in [-0.2, 0) is 11.3 Å². The number of non-ortho nitro benzene ring substituents is 1. The molecule has 110 valence electrons. The van der Waals surface area contributed by atoms with Crippen LogP contribution in [0.25, 0.3) is 0 Å². The molecule has 0 heterocycles. The second-order valence-corrected chi connectivity index (χ2v) is 5.84. The van der Waals surface area contributed by atoms with Crippen molar-refractivity contribution in [2.75, 3.05) is 6.54 Å². The molecule has 20 heavy (non-hydrogen) atoms. The highest BCUT2D eigenvalue weighted by Crippen LogP contribution is 2.22. The van der Waals surface area contributed by atoms with Crippen molar-refractivity contribution in [3.63, 3.8) is 0 Å². The number of hydrogen-bond acceptors (Lipinski definition) is 4. The summed E-state index contributed by atoms with van der Waals surface area (Å²) in [6, 6.07) is 4.26. The van der Waals surface area contributed by atoms with E-state index in [2.05, 4.69) is 10.6 Å². The normalized spacial score (nSPS) is 11.2. The Hall–Kier alpha value is -1.66. The molecular formula is C13H18ClN3O3. The lowest BCUT2D eigenvalue weighted by molar-refractivity contribution is -0.384. The molecule has 0 saturated carbocycles. The first-order valence-electron chi connectivity index (χ1n) is 6.13. The minimum atomic E-state index is -0.500. The van der Waals surface area contributed by atoms with Gasteiger partial charge >= 0.3 is 0 Å². The number of nitrogens with zero attached hydrogens (tertiary/aromatic N) is 1. The van der Waals surface area contributed by atoms with Gasteiger partial charge in [0.1, 0.15) is 0 Å². The fourth-order valence-corrected chi connectivity index (χ4v) is 1.81. The first kappa shape index (κ1) is 16.4. The first-order valence-corrected chi connectivity index (χ1v) is 6.51. The van der Waals surface area contributed by atoms with E-state index in [9.17, 15) is 14.9 Å². The molecule has 0 aliphatic carbocycles. The highest BCUT2D eigenvalue weighted by atomic mass is 35.5. The molecule has 0 aliphatic rings. The Bertz CT molecular complexity index is 512. The zero-order chi connectivity index (χ0) is 15.3. The van der Waals surface area contributed by atoms with Crippen molar-refractivity contribution in [3.8, 4) is 0 Å². The number of amides is 1. The lowest BCUT2D eigenvalue weighted by Gasteiger charge is -2.20. The summed E-state index contributed by atoms with van der Waals surface area (Å²) in [5.41, 5.74) is 0.383. The van der Waals surface area contributed by atoms with Crippen LogP contribution < -0.4 is 10.6 Å². The maximum atomic E-state index is 11.6. The molecule has 0 bridgehead atoms. The highest BCUT2D eigenvalue weighted by Gasteiger charge is 2.13. The van der Waals surface area contributed by atoms with Gasteiger partial charge in [0.05, 0.1) is 16.5 Å². The Kier molecular flexibility index (Phi) is 5.47. The summed E-state index contributed by atoms with van der Waals surface area (Å²) in [7, 11) is 0. The van der Waals surface area contributed by atoms with Crippen molar-refractivity contribution in [1.29, 1.82) is 0 Å². The number of hydrogen-bond donors (Lipinski definition) is 2. The molecule has 1 amide bonds. The van der Waals surface area contributed by atoms with Crippen molar-refractivity contribution < 1.29 is 9.72 Å². The molecule has 0 atom stereocenters. The molecule has 6 nitrogen and oxygen atoms in total. The van der Waals surface area contributed by atoms with Gasteiger partial charge in [-0.1, -0.05) is 11.6 Å². The van der Waals surface area contributed by atoms with Crippen LogP contribution >= 0.6 is 11.6 Å². The van der Waals surface area contributed by atoms with Gasteiger partial charge in [-0.3, -0.25) is 14.9 Å². The summed E-state index contributed by atoms with van der Waals surface area (Å²) in [4.78, 5) is 21.7. The molecule has 0 saturated heterocycles. The molecule has 1 aromatic carbocycles. The number of rotatable bonds is 5. The van der Waals surface area contributed by atoms with Crippen LogP contribution in [0, 0.1) is 10.1 Å². The number of carbonyl (C=O) groups is 1. The molecule has 0 unspecified atom stereocenters. The van der Waals surface area contributed by atoms with Gasteiger partial charge in [0, 0.05) is 24.2 Å². The minimum Gasteiger partial charge on any atom is -0.350 e. The second kappa shape index (κ2) is 6.67. The van der Waals surface area contributed by atoms with Gasteiger partial charge in [0.2, 0.25) is 5.91 Å². The van der Waals surface area contributed by atoms with Gasteiger partial charge in [-0.05, 0) is 32.4 Å². The van der Waals surface area contributed by atoms with Gasteiger partial charge in [0.15, 0.2) is 0 Å². The molecule has 7 heteroatoms. The van der Waals surface area contributed by atoms with Crippen molar-refractivity contribution in [2.45, 2.75) is 32.9 Å². The SMILES string of the molecule is CC(C)(C)NC(=O)CNCc1ccc([N+](=O)[O-])cc1Cl. The molecule has 0 radical (unpaired) electrons. The van der Waals surface area contributed by atoms with Crippen LogP contribution in [0.15, 0.2) is 18.2 Å². The van der Waals surface area contributed by atoms with Crippen molar-refractivity contribution in [2.24, 2.45) is 0 Å². The first-order chi connectivity index (χ1) is 9.19. The van der Waals surface area contributed by atoms with E-state index in [-0.39, 0.29) is 23.7 Å². The van der Waals surface area contributed by atoms with Crippen LogP contribution in [-0.4, -0.2) is 22.9 Å². The molecule has 0 aromatic heterocycles. The smallest absolute Gasteiger partial charge is 0.270 e. The van der Waals surface area contributed by atoms with Gasteiger partial charge in [-0.15, -0.1) is 0 Å². The van der Waals surface area contributed by atoms with Gasteiger partial charge < -0.3 is 10.6 Å². The van der Waals surface area contributed by atoms with E-state index >= 15 is 0 Å². The summed E-state index contributed by atoms with van der Waals surface area (Å²) >= 11 is 5.95. The van der Waals surface area contributed by atoms with Crippen molar-refractivity contribution in [1.82, 2.24) is 10.6 Å². The average molecular weight is 300 g/mol. The van der Waals surface area contributed by atoms with Crippen LogP contribution in [0.2, 0.25) is 5.02 Å². The lowest BCUT2D eigenvalue weighted by atomic mass is 10.1. The maximum Gasteiger partial charge on any atom is 0.270 e. The molecule has 0 aliphatic heterocycles. The summed E-state index contributed by atoms with van der Waals surface area (Å²) < 4.78 is 0. The summed E-state index contributed by atoms with van der Waals surface area (Å²) in [5.74, 6) is -0.115. The van der Waals surface area contributed by atoms with Crippen LogP contribution in [0.5, 0.6) is 0 Å². The van der Waals surface area contributed by atoms with Crippen molar-refractivity contribution >= 4 is 23.2 Å². The molecule has 1 rings (SSSR count). The fourth-order valence-electron chi connectivity index (χ4n) is 1.57. The minimum absolute atomic E-state index is 0.0516. The number of nitro groups is 1. The zero-order valence-electron chi connectivity index (χ0n) is 11.7. The van der Waals surface area contributed by atoms with Gasteiger partial charge in [0.25, 0.3) is 5.69 Å². The summed E-state index contributed by atoms with van der Waals surface area (Å²) in [6.45, 7) is 6.23. The van der Waals surface area contributed by atoms with Crippen LogP contribution in [0.3, 0.4) is 0 Å². The van der Waals surface area contributed by atoms with E-state index in [1.54, 1.807) is 6.07 Å². The van der Waals surface area contributed by atoms with Crippen LogP contribution in [0.1, 0.15) is 26.3 Å².